The number of azo groups is 1. The average molecular weight is 240 g/mol. The molecule has 0 atom stereocenters. The fourth-order valence-electron chi connectivity index (χ4n) is 1.87. The molecular formula is C15H16N2O. The first-order valence-electron chi connectivity index (χ1n) is 6.05. The third-order valence-corrected chi connectivity index (χ3v) is 2.97. The Bertz CT molecular complexity index is 562. The van der Waals surface area contributed by atoms with Gasteiger partial charge in [0.25, 0.3) is 0 Å². The highest BCUT2D eigenvalue weighted by Gasteiger charge is 2.06. The lowest BCUT2D eigenvalue weighted by Gasteiger charge is -2.05. The summed E-state index contributed by atoms with van der Waals surface area (Å²) >= 11 is 0. The zero-order chi connectivity index (χ0) is 13.0. The van der Waals surface area contributed by atoms with Gasteiger partial charge in [-0.25, -0.2) is 0 Å². The highest BCUT2D eigenvalue weighted by molar-refractivity contribution is 5.48. The van der Waals surface area contributed by atoms with E-state index in [0.29, 0.717) is 10.5 Å². The van der Waals surface area contributed by atoms with Crippen molar-refractivity contribution in [3.8, 4) is 0 Å². The van der Waals surface area contributed by atoms with Crippen LogP contribution in [0.5, 0.6) is 0 Å². The van der Waals surface area contributed by atoms with E-state index in [9.17, 15) is 5.21 Å². The van der Waals surface area contributed by atoms with E-state index in [1.165, 1.54) is 5.56 Å². The lowest BCUT2D eigenvalue weighted by atomic mass is 10.1. The van der Waals surface area contributed by atoms with E-state index in [-0.39, 0.29) is 0 Å². The number of aryl methyl sites for hydroxylation is 1. The molecule has 0 radical (unpaired) electrons. The fourth-order valence-corrected chi connectivity index (χ4v) is 1.87. The molecule has 2 aromatic rings. The second-order valence-electron chi connectivity index (χ2n) is 4.12. The number of rotatable bonds is 3. The minimum Gasteiger partial charge on any atom is -0.594 e. The standard InChI is InChI=1S/C15H16N2O/c1-3-13-8-7-11-15(12(13)2)16-17(18)14-9-5-4-6-10-14/h4-11H,3H2,1-2H3. The van der Waals surface area contributed by atoms with Crippen LogP contribution >= 0.6 is 0 Å². The van der Waals surface area contributed by atoms with Gasteiger partial charge in [0, 0.05) is 17.2 Å². The van der Waals surface area contributed by atoms with E-state index in [0.717, 1.165) is 17.7 Å². The van der Waals surface area contributed by atoms with Gasteiger partial charge >= 0.3 is 0 Å². The Morgan fingerprint density at radius 3 is 2.44 bits per heavy atom. The molecule has 0 heterocycles. The van der Waals surface area contributed by atoms with Gasteiger partial charge in [-0.1, -0.05) is 42.1 Å². The number of benzene rings is 2. The van der Waals surface area contributed by atoms with Crippen LogP contribution in [0, 0.1) is 12.1 Å². The molecule has 0 bridgehead atoms. The van der Waals surface area contributed by atoms with Crippen molar-refractivity contribution in [2.24, 2.45) is 5.11 Å². The number of hydrogen-bond acceptors (Lipinski definition) is 2. The summed E-state index contributed by atoms with van der Waals surface area (Å²) in [6, 6.07) is 14.9. The van der Waals surface area contributed by atoms with Gasteiger partial charge in [-0.05, 0) is 30.5 Å². The molecule has 0 aliphatic carbocycles. The summed E-state index contributed by atoms with van der Waals surface area (Å²) in [6.45, 7) is 4.09. The van der Waals surface area contributed by atoms with E-state index in [2.05, 4.69) is 18.1 Å². The molecule has 0 fully saturated rings. The molecule has 3 heteroatoms. The summed E-state index contributed by atoms with van der Waals surface area (Å²) in [5.41, 5.74) is 3.56. The zero-order valence-electron chi connectivity index (χ0n) is 10.6. The highest BCUT2D eigenvalue weighted by Crippen LogP contribution is 2.24. The van der Waals surface area contributed by atoms with Crippen molar-refractivity contribution in [1.82, 2.24) is 0 Å². The Kier molecular flexibility index (Phi) is 3.72. The molecule has 0 unspecified atom stereocenters. The molecule has 0 aromatic heterocycles. The van der Waals surface area contributed by atoms with Crippen LogP contribution in [0.4, 0.5) is 11.4 Å². The summed E-state index contributed by atoms with van der Waals surface area (Å²) in [7, 11) is 0. The van der Waals surface area contributed by atoms with Crippen LogP contribution in [0.25, 0.3) is 0 Å². The quantitative estimate of drug-likeness (QED) is 0.442. The maximum absolute atomic E-state index is 11.9. The van der Waals surface area contributed by atoms with Crippen molar-refractivity contribution in [2.45, 2.75) is 20.3 Å². The van der Waals surface area contributed by atoms with Crippen LogP contribution < -0.4 is 0 Å². The first-order valence-corrected chi connectivity index (χ1v) is 6.05. The van der Waals surface area contributed by atoms with E-state index in [1.807, 2.05) is 37.3 Å². The van der Waals surface area contributed by atoms with Gasteiger partial charge in [-0.3, -0.25) is 0 Å². The normalized spacial score (nSPS) is 11.6. The summed E-state index contributed by atoms with van der Waals surface area (Å²) < 4.78 is 0. The summed E-state index contributed by atoms with van der Waals surface area (Å²) in [5, 5.41) is 16.0. The van der Waals surface area contributed by atoms with Crippen LogP contribution in [0.15, 0.2) is 53.6 Å². The van der Waals surface area contributed by atoms with Crippen molar-refractivity contribution in [1.29, 1.82) is 0 Å². The summed E-state index contributed by atoms with van der Waals surface area (Å²) in [6.07, 6.45) is 0.944. The van der Waals surface area contributed by atoms with Crippen LogP contribution in [-0.2, 0) is 6.42 Å². The van der Waals surface area contributed by atoms with Crippen molar-refractivity contribution < 1.29 is 4.86 Å². The van der Waals surface area contributed by atoms with Gasteiger partial charge in [0.1, 0.15) is 5.69 Å². The molecule has 18 heavy (non-hydrogen) atoms. The fraction of sp³-hybridized carbons (Fsp3) is 0.200. The molecule has 0 aliphatic heterocycles. The van der Waals surface area contributed by atoms with E-state index in [1.54, 1.807) is 12.1 Å². The number of hydrogen-bond donors (Lipinski definition) is 0. The molecule has 0 amide bonds. The van der Waals surface area contributed by atoms with Crippen LogP contribution in [0.3, 0.4) is 0 Å². The Hall–Kier alpha value is -2.16. The third kappa shape index (κ3) is 2.56. The van der Waals surface area contributed by atoms with E-state index >= 15 is 0 Å². The predicted molar refractivity (Wildman–Crippen MR) is 72.4 cm³/mol. The van der Waals surface area contributed by atoms with Crippen molar-refractivity contribution >= 4 is 11.4 Å². The van der Waals surface area contributed by atoms with Crippen LogP contribution in [-0.4, -0.2) is 4.86 Å². The molecule has 0 saturated carbocycles. The topological polar surface area (TPSA) is 38.4 Å². The first kappa shape index (κ1) is 12.3. The van der Waals surface area contributed by atoms with Gasteiger partial charge in [0.2, 0.25) is 5.69 Å². The Balaban J connectivity index is 2.39. The maximum atomic E-state index is 11.9. The molecule has 92 valence electrons. The second-order valence-corrected chi connectivity index (χ2v) is 4.12. The minimum atomic E-state index is 0.541. The molecular weight excluding hydrogens is 224 g/mol. The van der Waals surface area contributed by atoms with Gasteiger partial charge < -0.3 is 5.21 Å². The van der Waals surface area contributed by atoms with Gasteiger partial charge in [0.05, 0.1) is 0 Å². The van der Waals surface area contributed by atoms with Crippen molar-refractivity contribution in [2.75, 3.05) is 0 Å². The van der Waals surface area contributed by atoms with Gasteiger partial charge in [0.15, 0.2) is 0 Å². The largest absolute Gasteiger partial charge is 0.594 e. The average Bonchev–Trinajstić information content (AvgIpc) is 2.42. The third-order valence-electron chi connectivity index (χ3n) is 2.97. The summed E-state index contributed by atoms with van der Waals surface area (Å²) in [4.78, 5) is 0.668. The second kappa shape index (κ2) is 5.45. The van der Waals surface area contributed by atoms with Crippen molar-refractivity contribution in [3.63, 3.8) is 0 Å². The minimum absolute atomic E-state index is 0.541. The monoisotopic (exact) mass is 240 g/mol. The lowest BCUT2D eigenvalue weighted by molar-refractivity contribution is -0.435. The lowest BCUT2D eigenvalue weighted by Crippen LogP contribution is -1.92. The molecule has 2 rings (SSSR count). The van der Waals surface area contributed by atoms with E-state index in [4.69, 9.17) is 0 Å². The number of nitrogens with zero attached hydrogens (tertiary/aromatic N) is 2. The Morgan fingerprint density at radius 2 is 1.78 bits per heavy atom. The van der Waals surface area contributed by atoms with Gasteiger partial charge in [-0.15, -0.1) is 0 Å². The molecule has 0 aliphatic rings. The van der Waals surface area contributed by atoms with Crippen LogP contribution in [0.1, 0.15) is 18.1 Å². The van der Waals surface area contributed by atoms with E-state index < -0.39 is 0 Å². The SMILES string of the molecule is CCc1cccc(N=[N+]([O-])c2ccccc2)c1C. The Labute approximate surface area is 107 Å². The molecule has 0 saturated heterocycles. The smallest absolute Gasteiger partial charge is 0.244 e. The van der Waals surface area contributed by atoms with Crippen LogP contribution in [0.2, 0.25) is 0 Å². The predicted octanol–water partition coefficient (Wildman–Crippen LogP) is 4.48. The Morgan fingerprint density at radius 1 is 1.06 bits per heavy atom. The first-order chi connectivity index (χ1) is 8.72. The maximum Gasteiger partial charge on any atom is 0.244 e. The molecule has 0 spiro atoms. The highest BCUT2D eigenvalue weighted by atomic mass is 16.5. The van der Waals surface area contributed by atoms with Crippen molar-refractivity contribution in [3.05, 3.63) is 64.9 Å². The number of para-hydroxylation sites is 1. The zero-order valence-corrected chi connectivity index (χ0v) is 10.6. The summed E-state index contributed by atoms with van der Waals surface area (Å²) in [5.74, 6) is 0. The molecule has 2 aromatic carbocycles. The van der Waals surface area contributed by atoms with Gasteiger partial charge in [-0.2, -0.15) is 0 Å². The molecule has 0 N–H and O–H groups in total. The molecule has 3 nitrogen and oxygen atoms in total.